The third-order valence-corrected chi connectivity index (χ3v) is 6.97. The summed E-state index contributed by atoms with van der Waals surface area (Å²) in [5.41, 5.74) is 1.94. The molecule has 1 aliphatic heterocycles. The third kappa shape index (κ3) is 4.54. The van der Waals surface area contributed by atoms with Crippen molar-refractivity contribution in [3.05, 3.63) is 90.6 Å². The zero-order valence-corrected chi connectivity index (χ0v) is 20.4. The van der Waals surface area contributed by atoms with Gasteiger partial charge in [0.1, 0.15) is 5.75 Å². The first-order chi connectivity index (χ1) is 15.8. The maximum atomic E-state index is 13.6. The van der Waals surface area contributed by atoms with E-state index in [0.29, 0.717) is 26.2 Å². The van der Waals surface area contributed by atoms with Crippen molar-refractivity contribution in [2.75, 3.05) is 6.26 Å². The van der Waals surface area contributed by atoms with Crippen LogP contribution in [0.3, 0.4) is 0 Å². The Morgan fingerprint density at radius 2 is 1.91 bits per heavy atom. The summed E-state index contributed by atoms with van der Waals surface area (Å²) >= 11 is 2.85. The van der Waals surface area contributed by atoms with Gasteiger partial charge in [-0.05, 0) is 56.9 Å². The zero-order valence-electron chi connectivity index (χ0n) is 18.7. The number of aromatic nitrogens is 1. The van der Waals surface area contributed by atoms with E-state index < -0.39 is 12.0 Å². The summed E-state index contributed by atoms with van der Waals surface area (Å²) in [5, 5.41) is 10.2. The number of thiazole rings is 1. The number of hydrogen-bond acceptors (Lipinski definition) is 7. The highest BCUT2D eigenvalue weighted by Gasteiger charge is 2.33. The quantitative estimate of drug-likeness (QED) is 0.446. The molecular formula is C25H24N2O4S2. The smallest absolute Gasteiger partial charge is 0.338 e. The lowest BCUT2D eigenvalue weighted by molar-refractivity contribution is -0.143. The van der Waals surface area contributed by atoms with E-state index in [2.05, 4.69) is 4.99 Å². The SMILES string of the molecule is CSc1ccc([C@H]2C(C(=O)OC(C)C)=C(C)N=c3s/c(=C/c4ccccc4O)c(=O)n32)cc1. The molecule has 1 aromatic heterocycles. The number of phenols is 1. The van der Waals surface area contributed by atoms with Gasteiger partial charge in [0, 0.05) is 10.5 Å². The molecule has 0 saturated heterocycles. The first-order valence-corrected chi connectivity index (χ1v) is 12.5. The van der Waals surface area contributed by atoms with Crippen LogP contribution in [0.15, 0.2) is 74.5 Å². The fourth-order valence-corrected chi connectivity index (χ4v) is 5.16. The highest BCUT2D eigenvalue weighted by molar-refractivity contribution is 7.98. The molecule has 0 bridgehead atoms. The van der Waals surface area contributed by atoms with Crippen molar-refractivity contribution in [3.63, 3.8) is 0 Å². The summed E-state index contributed by atoms with van der Waals surface area (Å²) in [6.45, 7) is 5.34. The Morgan fingerprint density at radius 3 is 2.55 bits per heavy atom. The van der Waals surface area contributed by atoms with Gasteiger partial charge in [0.15, 0.2) is 4.80 Å². The molecule has 8 heteroatoms. The number of thioether (sulfide) groups is 1. The van der Waals surface area contributed by atoms with Crippen LogP contribution in [0.2, 0.25) is 0 Å². The van der Waals surface area contributed by atoms with Crippen LogP contribution in [0.25, 0.3) is 6.08 Å². The van der Waals surface area contributed by atoms with Crippen LogP contribution in [-0.4, -0.2) is 28.0 Å². The lowest BCUT2D eigenvalue weighted by atomic mass is 9.96. The number of aromatic hydroxyl groups is 1. The highest BCUT2D eigenvalue weighted by atomic mass is 32.2. The Kier molecular flexibility index (Phi) is 6.58. The fourth-order valence-electron chi connectivity index (χ4n) is 3.71. The molecule has 0 radical (unpaired) electrons. The second kappa shape index (κ2) is 9.41. The summed E-state index contributed by atoms with van der Waals surface area (Å²) in [7, 11) is 0. The van der Waals surface area contributed by atoms with Gasteiger partial charge in [-0.15, -0.1) is 11.8 Å². The molecule has 0 amide bonds. The van der Waals surface area contributed by atoms with E-state index in [-0.39, 0.29) is 17.4 Å². The molecule has 170 valence electrons. The molecule has 2 aromatic carbocycles. The minimum Gasteiger partial charge on any atom is -0.507 e. The van der Waals surface area contributed by atoms with Crippen molar-refractivity contribution in [1.29, 1.82) is 0 Å². The molecule has 4 rings (SSSR count). The van der Waals surface area contributed by atoms with Crippen molar-refractivity contribution >= 4 is 35.1 Å². The first-order valence-electron chi connectivity index (χ1n) is 10.5. The average Bonchev–Trinajstić information content (AvgIpc) is 3.08. The van der Waals surface area contributed by atoms with Gasteiger partial charge in [-0.1, -0.05) is 41.7 Å². The van der Waals surface area contributed by atoms with Gasteiger partial charge in [0.2, 0.25) is 0 Å². The van der Waals surface area contributed by atoms with Crippen LogP contribution < -0.4 is 14.9 Å². The van der Waals surface area contributed by atoms with Gasteiger partial charge < -0.3 is 9.84 Å². The number of esters is 1. The topological polar surface area (TPSA) is 80.9 Å². The number of allylic oxidation sites excluding steroid dienone is 1. The van der Waals surface area contributed by atoms with E-state index >= 15 is 0 Å². The van der Waals surface area contributed by atoms with E-state index in [9.17, 15) is 14.7 Å². The molecule has 3 aromatic rings. The molecule has 0 unspecified atom stereocenters. The van der Waals surface area contributed by atoms with E-state index in [4.69, 9.17) is 4.74 Å². The van der Waals surface area contributed by atoms with E-state index in [1.54, 1.807) is 67.4 Å². The van der Waals surface area contributed by atoms with Gasteiger partial charge in [-0.25, -0.2) is 9.79 Å². The van der Waals surface area contributed by atoms with Crippen LogP contribution in [-0.2, 0) is 9.53 Å². The Hall–Kier alpha value is -3.10. The van der Waals surface area contributed by atoms with Crippen molar-refractivity contribution in [3.8, 4) is 5.75 Å². The second-order valence-electron chi connectivity index (χ2n) is 7.87. The van der Waals surface area contributed by atoms with Crippen molar-refractivity contribution in [2.45, 2.75) is 37.8 Å². The molecular weight excluding hydrogens is 456 g/mol. The molecule has 0 fully saturated rings. The lowest BCUT2D eigenvalue weighted by Crippen LogP contribution is -2.40. The largest absolute Gasteiger partial charge is 0.507 e. The standard InChI is InChI=1S/C25H24N2O4S2/c1-14(2)31-24(30)21-15(3)26-25-27(22(21)16-9-11-18(32-4)12-10-16)23(29)20(33-25)13-17-7-5-6-8-19(17)28/h5-14,22,28H,1-4H3/b20-13+/t22-/m0/s1. The monoisotopic (exact) mass is 480 g/mol. The molecule has 6 nitrogen and oxygen atoms in total. The highest BCUT2D eigenvalue weighted by Crippen LogP contribution is 2.32. The Morgan fingerprint density at radius 1 is 1.21 bits per heavy atom. The molecule has 2 heterocycles. The molecule has 0 saturated carbocycles. The maximum absolute atomic E-state index is 13.6. The van der Waals surface area contributed by atoms with E-state index in [0.717, 1.165) is 10.5 Å². The van der Waals surface area contributed by atoms with Gasteiger partial charge in [0.25, 0.3) is 5.56 Å². The number of rotatable bonds is 5. The Balaban J connectivity index is 1.95. The summed E-state index contributed by atoms with van der Waals surface area (Å²) in [5.74, 6) is -0.398. The average molecular weight is 481 g/mol. The Labute approximate surface area is 199 Å². The molecule has 1 N–H and O–H groups in total. The number of carbonyl (C=O) groups is 1. The van der Waals surface area contributed by atoms with E-state index in [1.165, 1.54) is 11.3 Å². The number of fused-ring (bicyclic) bond motifs is 1. The van der Waals surface area contributed by atoms with Gasteiger partial charge in [-0.3, -0.25) is 9.36 Å². The predicted octanol–water partition coefficient (Wildman–Crippen LogP) is 3.61. The third-order valence-electron chi connectivity index (χ3n) is 5.24. The van der Waals surface area contributed by atoms with Gasteiger partial charge >= 0.3 is 5.97 Å². The summed E-state index contributed by atoms with van der Waals surface area (Å²) < 4.78 is 7.49. The number of hydrogen-bond donors (Lipinski definition) is 1. The van der Waals surface area contributed by atoms with Gasteiger partial charge in [-0.2, -0.15) is 0 Å². The van der Waals surface area contributed by atoms with Crippen molar-refractivity contribution in [2.24, 2.45) is 4.99 Å². The molecule has 0 aliphatic carbocycles. The van der Waals surface area contributed by atoms with Crippen LogP contribution >= 0.6 is 23.1 Å². The Bertz CT molecular complexity index is 1420. The number of carbonyl (C=O) groups excluding carboxylic acids is 1. The van der Waals surface area contributed by atoms with Crippen LogP contribution in [0.5, 0.6) is 5.75 Å². The zero-order chi connectivity index (χ0) is 23.7. The maximum Gasteiger partial charge on any atom is 0.338 e. The first kappa shape index (κ1) is 23.1. The van der Waals surface area contributed by atoms with E-state index in [1.807, 2.05) is 30.5 Å². The summed E-state index contributed by atoms with van der Waals surface area (Å²) in [6.07, 6.45) is 3.34. The fraction of sp³-hybridized carbons (Fsp3) is 0.240. The number of phenolic OH excluding ortho intramolecular Hbond substituents is 1. The van der Waals surface area contributed by atoms with Gasteiger partial charge in [0.05, 0.1) is 27.9 Å². The molecule has 0 spiro atoms. The predicted molar refractivity (Wildman–Crippen MR) is 131 cm³/mol. The molecule has 1 aliphatic rings. The number of ether oxygens (including phenoxy) is 1. The normalized spacial score (nSPS) is 16.0. The minimum atomic E-state index is -0.657. The summed E-state index contributed by atoms with van der Waals surface area (Å²) in [4.78, 5) is 32.8. The number of nitrogens with zero attached hydrogens (tertiary/aromatic N) is 2. The second-order valence-corrected chi connectivity index (χ2v) is 9.76. The molecule has 33 heavy (non-hydrogen) atoms. The van der Waals surface area contributed by atoms with Crippen LogP contribution in [0.1, 0.15) is 37.9 Å². The van der Waals surface area contributed by atoms with Crippen molar-refractivity contribution < 1.29 is 14.6 Å². The number of benzene rings is 2. The lowest BCUT2D eigenvalue weighted by Gasteiger charge is -2.25. The summed E-state index contributed by atoms with van der Waals surface area (Å²) in [6, 6.07) is 14.0. The number of para-hydroxylation sites is 1. The molecule has 1 atom stereocenters. The van der Waals surface area contributed by atoms with Crippen LogP contribution in [0, 0.1) is 0 Å². The van der Waals surface area contributed by atoms with Crippen molar-refractivity contribution in [1.82, 2.24) is 4.57 Å². The minimum absolute atomic E-state index is 0.0879. The van der Waals surface area contributed by atoms with Crippen LogP contribution in [0.4, 0.5) is 0 Å².